The molecule has 1 saturated carbocycles. The fourth-order valence-electron chi connectivity index (χ4n) is 3.92. The minimum absolute atomic E-state index is 0.0477. The first-order valence-electron chi connectivity index (χ1n) is 9.32. The zero-order chi connectivity index (χ0) is 18.7. The summed E-state index contributed by atoms with van der Waals surface area (Å²) in [5.41, 5.74) is 2.02. The van der Waals surface area contributed by atoms with Gasteiger partial charge in [-0.2, -0.15) is 5.10 Å². The lowest BCUT2D eigenvalue weighted by Crippen LogP contribution is -2.47. The Kier molecular flexibility index (Phi) is 5.81. The Morgan fingerprint density at radius 3 is 2.46 bits per heavy atom. The maximum Gasteiger partial charge on any atom is 0.246 e. The minimum atomic E-state index is 0.0477. The van der Waals surface area contributed by atoms with E-state index >= 15 is 0 Å². The summed E-state index contributed by atoms with van der Waals surface area (Å²) in [4.78, 5) is 15.0. The number of ether oxygens (including phenoxy) is 2. The second-order valence-electron chi connectivity index (χ2n) is 7.32. The van der Waals surface area contributed by atoms with Gasteiger partial charge in [0.25, 0.3) is 0 Å². The van der Waals surface area contributed by atoms with Gasteiger partial charge in [0.1, 0.15) is 0 Å². The van der Waals surface area contributed by atoms with E-state index in [2.05, 4.69) is 4.90 Å². The molecule has 0 unspecified atom stereocenters. The van der Waals surface area contributed by atoms with Crippen molar-refractivity contribution in [2.45, 2.75) is 25.7 Å². The number of nitrogens with zero attached hydrogens (tertiary/aromatic N) is 3. The van der Waals surface area contributed by atoms with Gasteiger partial charge in [0.2, 0.25) is 5.91 Å². The number of amides is 1. The summed E-state index contributed by atoms with van der Waals surface area (Å²) in [6.45, 7) is 1.41. The van der Waals surface area contributed by atoms with E-state index in [1.807, 2.05) is 32.3 Å². The molecule has 6 nitrogen and oxygen atoms in total. The summed E-state index contributed by atoms with van der Waals surface area (Å²) in [5, 5.41) is 6.48. The van der Waals surface area contributed by atoms with E-state index in [4.69, 9.17) is 14.6 Å². The van der Waals surface area contributed by atoms with E-state index in [0.717, 1.165) is 43.5 Å². The molecule has 2 aliphatic rings. The van der Waals surface area contributed by atoms with E-state index in [1.54, 1.807) is 19.2 Å². The van der Waals surface area contributed by atoms with Gasteiger partial charge in [-0.05, 0) is 45.1 Å². The highest BCUT2D eigenvalue weighted by molar-refractivity contribution is 6.07. The third-order valence-electron chi connectivity index (χ3n) is 5.36. The molecule has 142 valence electrons. The predicted molar refractivity (Wildman–Crippen MR) is 102 cm³/mol. The quantitative estimate of drug-likeness (QED) is 0.783. The Morgan fingerprint density at radius 2 is 1.81 bits per heavy atom. The molecule has 2 atom stereocenters. The van der Waals surface area contributed by atoms with Crippen molar-refractivity contribution >= 4 is 11.6 Å². The first-order valence-corrected chi connectivity index (χ1v) is 9.32. The van der Waals surface area contributed by atoms with Gasteiger partial charge in [-0.15, -0.1) is 0 Å². The molecule has 1 aliphatic heterocycles. The van der Waals surface area contributed by atoms with Gasteiger partial charge >= 0.3 is 0 Å². The van der Waals surface area contributed by atoms with Gasteiger partial charge < -0.3 is 14.4 Å². The van der Waals surface area contributed by atoms with Gasteiger partial charge in [0, 0.05) is 23.9 Å². The molecular weight excluding hydrogens is 330 g/mol. The first-order chi connectivity index (χ1) is 12.5. The smallest absolute Gasteiger partial charge is 0.246 e. The molecule has 0 saturated heterocycles. The van der Waals surface area contributed by atoms with Gasteiger partial charge in [-0.3, -0.25) is 4.79 Å². The minimum Gasteiger partial charge on any atom is -0.493 e. The highest BCUT2D eigenvalue weighted by Gasteiger charge is 2.41. The van der Waals surface area contributed by atoms with Crippen LogP contribution in [-0.2, 0) is 4.79 Å². The summed E-state index contributed by atoms with van der Waals surface area (Å²) >= 11 is 0. The normalized spacial score (nSPS) is 22.9. The van der Waals surface area contributed by atoms with Crippen LogP contribution in [-0.4, -0.2) is 62.9 Å². The molecule has 1 aromatic rings. The Balaban J connectivity index is 1.98. The van der Waals surface area contributed by atoms with Crippen LogP contribution in [0.2, 0.25) is 0 Å². The van der Waals surface area contributed by atoms with Crippen LogP contribution in [0, 0.1) is 11.8 Å². The van der Waals surface area contributed by atoms with Crippen LogP contribution in [0.1, 0.15) is 31.2 Å². The molecular formula is C20H29N3O3. The zero-order valence-corrected chi connectivity index (χ0v) is 16.2. The van der Waals surface area contributed by atoms with Crippen LogP contribution < -0.4 is 9.47 Å². The lowest BCUT2D eigenvalue weighted by molar-refractivity contribution is -0.139. The van der Waals surface area contributed by atoms with Gasteiger partial charge in [-0.25, -0.2) is 5.01 Å². The molecule has 1 amide bonds. The van der Waals surface area contributed by atoms with Crippen LogP contribution in [0.25, 0.3) is 0 Å². The molecule has 0 aromatic heterocycles. The number of benzene rings is 1. The number of fused-ring (bicyclic) bond motifs is 1. The van der Waals surface area contributed by atoms with Crippen LogP contribution in [0.4, 0.5) is 0 Å². The van der Waals surface area contributed by atoms with Crippen molar-refractivity contribution in [3.63, 3.8) is 0 Å². The highest BCUT2D eigenvalue weighted by atomic mass is 16.5. The third kappa shape index (κ3) is 3.70. The van der Waals surface area contributed by atoms with Crippen molar-refractivity contribution in [1.82, 2.24) is 9.91 Å². The summed E-state index contributed by atoms with van der Waals surface area (Å²) < 4.78 is 10.8. The second kappa shape index (κ2) is 8.08. The number of hydrogen-bond acceptors (Lipinski definition) is 5. The predicted octanol–water partition coefficient (Wildman–Crippen LogP) is 2.62. The molecule has 0 radical (unpaired) electrons. The van der Waals surface area contributed by atoms with Gasteiger partial charge in [-0.1, -0.05) is 12.8 Å². The molecule has 1 fully saturated rings. The average Bonchev–Trinajstić information content (AvgIpc) is 2.67. The topological polar surface area (TPSA) is 54.4 Å². The molecule has 1 aromatic carbocycles. The van der Waals surface area contributed by atoms with Crippen molar-refractivity contribution in [3.05, 3.63) is 23.8 Å². The van der Waals surface area contributed by atoms with Gasteiger partial charge in [0.05, 0.1) is 26.5 Å². The molecule has 26 heavy (non-hydrogen) atoms. The third-order valence-corrected chi connectivity index (χ3v) is 5.36. The van der Waals surface area contributed by atoms with Crippen LogP contribution >= 0.6 is 0 Å². The van der Waals surface area contributed by atoms with E-state index in [1.165, 1.54) is 0 Å². The molecule has 1 aliphatic carbocycles. The fraction of sp³-hybridized carbons (Fsp3) is 0.600. The maximum absolute atomic E-state index is 12.9. The molecule has 3 rings (SSSR count). The van der Waals surface area contributed by atoms with Crippen molar-refractivity contribution in [2.24, 2.45) is 16.9 Å². The number of rotatable bonds is 6. The number of carbonyl (C=O) groups excluding carboxylic acids is 1. The number of hydrazone groups is 1. The second-order valence-corrected chi connectivity index (χ2v) is 7.32. The first kappa shape index (κ1) is 18.7. The average molecular weight is 359 g/mol. The standard InChI is InChI=1S/C20H29N3O3/c1-22(2)11-12-23-20(24)16-8-6-5-7-15(16)19(21-23)14-9-10-17(25-3)18(13-14)26-4/h9-10,13,15-16H,5-8,11-12H2,1-4H3/t15-,16+/m1/s1. The van der Waals surface area contributed by atoms with E-state index in [9.17, 15) is 4.79 Å². The van der Waals surface area contributed by atoms with E-state index in [0.29, 0.717) is 18.0 Å². The van der Waals surface area contributed by atoms with Gasteiger partial charge in [0.15, 0.2) is 11.5 Å². The molecule has 6 heteroatoms. The van der Waals surface area contributed by atoms with Crippen LogP contribution in [0.15, 0.2) is 23.3 Å². The Hall–Kier alpha value is -2.08. The Morgan fingerprint density at radius 1 is 1.12 bits per heavy atom. The van der Waals surface area contributed by atoms with Crippen LogP contribution in [0.5, 0.6) is 11.5 Å². The Labute approximate surface area is 155 Å². The largest absolute Gasteiger partial charge is 0.493 e. The van der Waals surface area contributed by atoms with Crippen molar-refractivity contribution in [2.75, 3.05) is 41.4 Å². The number of hydrogen-bond donors (Lipinski definition) is 0. The summed E-state index contributed by atoms with van der Waals surface area (Å²) in [7, 11) is 7.29. The highest BCUT2D eigenvalue weighted by Crippen LogP contribution is 2.38. The summed E-state index contributed by atoms with van der Waals surface area (Å²) in [6, 6.07) is 5.91. The molecule has 0 bridgehead atoms. The molecule has 1 heterocycles. The van der Waals surface area contributed by atoms with Crippen LogP contribution in [0.3, 0.4) is 0 Å². The lowest BCUT2D eigenvalue weighted by Gasteiger charge is -2.39. The van der Waals surface area contributed by atoms with E-state index in [-0.39, 0.29) is 17.7 Å². The van der Waals surface area contributed by atoms with E-state index < -0.39 is 0 Å². The fourth-order valence-corrected chi connectivity index (χ4v) is 3.92. The van der Waals surface area contributed by atoms with Crippen molar-refractivity contribution in [3.8, 4) is 11.5 Å². The number of methoxy groups -OCH3 is 2. The molecule has 0 spiro atoms. The zero-order valence-electron chi connectivity index (χ0n) is 16.2. The monoisotopic (exact) mass is 359 g/mol. The summed E-state index contributed by atoms with van der Waals surface area (Å²) in [6.07, 6.45) is 4.24. The maximum atomic E-state index is 12.9. The lowest BCUT2D eigenvalue weighted by atomic mass is 9.73. The Bertz CT molecular complexity index is 687. The molecule has 0 N–H and O–H groups in total. The number of carbonyl (C=O) groups is 1. The number of likely N-dealkylation sites (N-methyl/N-ethyl adjacent to an activating group) is 1. The van der Waals surface area contributed by atoms with Crippen molar-refractivity contribution < 1.29 is 14.3 Å². The van der Waals surface area contributed by atoms with Crippen molar-refractivity contribution in [1.29, 1.82) is 0 Å². The summed E-state index contributed by atoms with van der Waals surface area (Å²) in [5.74, 6) is 1.82. The SMILES string of the molecule is COc1ccc(C2=NN(CCN(C)C)C(=O)[C@H]3CCCC[C@@H]23)cc1OC.